The molecule has 2 heterocycles. The van der Waals surface area contributed by atoms with Crippen LogP contribution in [0.2, 0.25) is 0 Å². The summed E-state index contributed by atoms with van der Waals surface area (Å²) in [6.07, 6.45) is 4.18. The summed E-state index contributed by atoms with van der Waals surface area (Å²) in [4.78, 5) is 1.52. The molecule has 1 N–H and O–H groups in total. The maximum atomic E-state index is 14.3. The molecule has 0 bridgehead atoms. The number of nitrogens with zero attached hydrogens (tertiary/aromatic N) is 5. The monoisotopic (exact) mass is 483 g/mol. The van der Waals surface area contributed by atoms with Gasteiger partial charge < -0.3 is 9.84 Å². The highest BCUT2D eigenvalue weighted by molar-refractivity contribution is 5.66. The number of rotatable bonds is 9. The van der Waals surface area contributed by atoms with Gasteiger partial charge in [-0.3, -0.25) is 4.68 Å². The smallest absolute Gasteiger partial charge is 0.123 e. The van der Waals surface area contributed by atoms with Crippen LogP contribution in [-0.2, 0) is 24.8 Å². The van der Waals surface area contributed by atoms with Crippen molar-refractivity contribution in [3.05, 3.63) is 52.7 Å². The zero-order valence-corrected chi connectivity index (χ0v) is 22.0. The molecule has 190 valence electrons. The number of ether oxygens (including phenoxy) is 1. The first-order chi connectivity index (χ1) is 16.3. The van der Waals surface area contributed by atoms with Crippen molar-refractivity contribution >= 4 is 0 Å². The largest absolute Gasteiger partial charge is 0.386 e. The first-order valence-corrected chi connectivity index (χ1v) is 12.4. The zero-order chi connectivity index (χ0) is 25.5. The first-order valence-electron chi connectivity index (χ1n) is 12.4. The lowest BCUT2D eigenvalue weighted by atomic mass is 9.79. The van der Waals surface area contributed by atoms with Crippen LogP contribution in [0.1, 0.15) is 76.1 Å². The average Bonchev–Trinajstić information content (AvgIpc) is 3.40. The van der Waals surface area contributed by atoms with Crippen molar-refractivity contribution in [2.24, 2.45) is 18.4 Å². The van der Waals surface area contributed by atoms with Crippen molar-refractivity contribution in [1.29, 1.82) is 0 Å². The van der Waals surface area contributed by atoms with E-state index < -0.39 is 17.5 Å². The van der Waals surface area contributed by atoms with Crippen LogP contribution in [-0.4, -0.2) is 42.1 Å². The van der Waals surface area contributed by atoms with Gasteiger partial charge in [0.1, 0.15) is 17.6 Å². The van der Waals surface area contributed by atoms with Crippen LogP contribution in [0.3, 0.4) is 0 Å². The van der Waals surface area contributed by atoms with Crippen LogP contribution in [0.5, 0.6) is 0 Å². The Morgan fingerprint density at radius 1 is 1.14 bits per heavy atom. The summed E-state index contributed by atoms with van der Waals surface area (Å²) in [5, 5.41) is 25.0. The minimum absolute atomic E-state index is 0.0450. The number of aliphatic hydroxyl groups is 1. The fraction of sp³-hybridized carbons (Fsp3) is 0.593. The fourth-order valence-corrected chi connectivity index (χ4v) is 3.97. The van der Waals surface area contributed by atoms with E-state index >= 15 is 0 Å². The van der Waals surface area contributed by atoms with Crippen LogP contribution >= 0.6 is 0 Å². The highest BCUT2D eigenvalue weighted by Crippen LogP contribution is 2.36. The molecule has 8 heteroatoms. The third-order valence-electron chi connectivity index (χ3n) is 7.37. The molecule has 3 aromatic rings. The molecule has 1 atom stereocenters. The second kappa shape index (κ2) is 9.47. The van der Waals surface area contributed by atoms with Crippen molar-refractivity contribution in [1.82, 2.24) is 24.8 Å². The predicted octanol–water partition coefficient (Wildman–Crippen LogP) is 5.00. The van der Waals surface area contributed by atoms with Gasteiger partial charge >= 0.3 is 0 Å². The third-order valence-corrected chi connectivity index (χ3v) is 7.37. The molecular weight excluding hydrogens is 445 g/mol. The van der Waals surface area contributed by atoms with E-state index in [1.54, 1.807) is 13.1 Å². The second-order valence-electron chi connectivity index (χ2n) is 11.4. The molecule has 1 aromatic carbocycles. The predicted molar refractivity (Wildman–Crippen MR) is 133 cm³/mol. The molecular formula is C27H38FN5O2. The Bertz CT molecular complexity index is 1190. The van der Waals surface area contributed by atoms with E-state index in [1.807, 2.05) is 25.5 Å². The van der Waals surface area contributed by atoms with Crippen molar-refractivity contribution in [3.8, 4) is 11.3 Å². The summed E-state index contributed by atoms with van der Waals surface area (Å²) >= 11 is 0. The SMILES string of the molecule is Cc1nn(CC2CC2)cc1Cc1nn(C)nc1-c1ccc(F)cc1C(O)COC(C)(C)C(C)(C)C. The summed E-state index contributed by atoms with van der Waals surface area (Å²) in [6.45, 7) is 13.3. The Labute approximate surface area is 207 Å². The van der Waals surface area contributed by atoms with Gasteiger partial charge in [0.25, 0.3) is 0 Å². The third kappa shape index (κ3) is 5.81. The molecule has 0 amide bonds. The van der Waals surface area contributed by atoms with E-state index in [9.17, 15) is 9.50 Å². The molecule has 2 aromatic heterocycles. The van der Waals surface area contributed by atoms with Gasteiger partial charge in [-0.1, -0.05) is 20.8 Å². The molecule has 1 saturated carbocycles. The van der Waals surface area contributed by atoms with Crippen LogP contribution < -0.4 is 0 Å². The summed E-state index contributed by atoms with van der Waals surface area (Å²) in [5.74, 6) is 0.323. The Balaban J connectivity index is 1.62. The van der Waals surface area contributed by atoms with E-state index in [0.717, 1.165) is 29.4 Å². The fourth-order valence-electron chi connectivity index (χ4n) is 3.97. The van der Waals surface area contributed by atoms with Crippen LogP contribution in [0, 0.1) is 24.1 Å². The zero-order valence-electron chi connectivity index (χ0n) is 22.0. The Morgan fingerprint density at radius 3 is 2.51 bits per heavy atom. The summed E-state index contributed by atoms with van der Waals surface area (Å²) < 4.78 is 22.4. The Hall–Kier alpha value is -2.58. The number of hydrogen-bond donors (Lipinski definition) is 1. The average molecular weight is 484 g/mol. The summed E-state index contributed by atoms with van der Waals surface area (Å²) in [5.41, 5.74) is 3.95. The van der Waals surface area contributed by atoms with Gasteiger partial charge in [-0.2, -0.15) is 20.1 Å². The number of aryl methyl sites for hydroxylation is 2. The number of aliphatic hydroxyl groups excluding tert-OH is 1. The molecule has 7 nitrogen and oxygen atoms in total. The lowest BCUT2D eigenvalue weighted by Crippen LogP contribution is -2.40. The summed E-state index contributed by atoms with van der Waals surface area (Å²) in [7, 11) is 1.77. The molecule has 0 radical (unpaired) electrons. The minimum atomic E-state index is -1.01. The van der Waals surface area contributed by atoms with E-state index in [4.69, 9.17) is 4.74 Å². The number of benzene rings is 1. The molecule has 0 aliphatic heterocycles. The maximum Gasteiger partial charge on any atom is 0.123 e. The van der Waals surface area contributed by atoms with Crippen molar-refractivity contribution in [2.45, 2.75) is 79.1 Å². The van der Waals surface area contributed by atoms with Gasteiger partial charge in [0.2, 0.25) is 0 Å². The molecule has 4 rings (SSSR count). The highest BCUT2D eigenvalue weighted by atomic mass is 19.1. The molecule has 1 aliphatic rings. The first kappa shape index (κ1) is 25.5. The Kier molecular flexibility index (Phi) is 6.90. The number of halogens is 1. The standard InChI is InChI=1S/C27H38FN5O2/c1-17-19(15-33(29-17)14-18-8-9-18)12-23-25(31-32(7)30-23)21-11-10-20(28)13-22(21)24(34)16-35-27(5,6)26(2,3)4/h10-11,13,15,18,24,34H,8-9,12,14,16H2,1-7H3. The van der Waals surface area contributed by atoms with Crippen molar-refractivity contribution in [2.75, 3.05) is 6.61 Å². The second-order valence-corrected chi connectivity index (χ2v) is 11.4. The van der Waals surface area contributed by atoms with Gasteiger partial charge in [0.05, 0.1) is 23.6 Å². The van der Waals surface area contributed by atoms with E-state index in [2.05, 4.69) is 42.3 Å². The Morgan fingerprint density at radius 2 is 1.86 bits per heavy atom. The lowest BCUT2D eigenvalue weighted by molar-refractivity contribution is -0.116. The van der Waals surface area contributed by atoms with Crippen molar-refractivity contribution < 1.29 is 14.2 Å². The van der Waals surface area contributed by atoms with Crippen LogP contribution in [0.15, 0.2) is 24.4 Å². The summed E-state index contributed by atoms with van der Waals surface area (Å²) in [6, 6.07) is 4.42. The van der Waals surface area contributed by atoms with Gasteiger partial charge in [-0.05, 0) is 74.3 Å². The van der Waals surface area contributed by atoms with E-state index in [0.29, 0.717) is 23.2 Å². The van der Waals surface area contributed by atoms with Crippen molar-refractivity contribution in [3.63, 3.8) is 0 Å². The minimum Gasteiger partial charge on any atom is -0.386 e. The van der Waals surface area contributed by atoms with Gasteiger partial charge in [-0.15, -0.1) is 0 Å². The van der Waals surface area contributed by atoms with Gasteiger partial charge in [0, 0.05) is 31.8 Å². The van der Waals surface area contributed by atoms with Crippen LogP contribution in [0.25, 0.3) is 11.3 Å². The normalized spacial score (nSPS) is 15.6. The number of aromatic nitrogens is 5. The van der Waals surface area contributed by atoms with Gasteiger partial charge in [-0.25, -0.2) is 4.39 Å². The van der Waals surface area contributed by atoms with Gasteiger partial charge in [0.15, 0.2) is 0 Å². The van der Waals surface area contributed by atoms with Crippen LogP contribution in [0.4, 0.5) is 4.39 Å². The quantitative estimate of drug-likeness (QED) is 0.463. The molecule has 1 fully saturated rings. The van der Waals surface area contributed by atoms with E-state index in [-0.39, 0.29) is 12.0 Å². The molecule has 35 heavy (non-hydrogen) atoms. The lowest BCUT2D eigenvalue weighted by Gasteiger charge is -2.39. The molecule has 1 aliphatic carbocycles. The highest BCUT2D eigenvalue weighted by Gasteiger charge is 2.34. The topological polar surface area (TPSA) is 78.0 Å². The maximum absolute atomic E-state index is 14.3. The molecule has 0 spiro atoms. The van der Waals surface area contributed by atoms with E-state index in [1.165, 1.54) is 29.8 Å². The number of hydrogen-bond acceptors (Lipinski definition) is 5. The molecule has 1 unspecified atom stereocenters. The molecule has 0 saturated heterocycles.